The van der Waals surface area contributed by atoms with Gasteiger partial charge in [0.05, 0.1) is 0 Å². The second kappa shape index (κ2) is 5.17. The minimum Gasteiger partial charge on any atom is -0.375 e. The quantitative estimate of drug-likeness (QED) is 0.415. The van der Waals surface area contributed by atoms with Crippen LogP contribution < -0.4 is 11.2 Å². The molecule has 0 aliphatic heterocycles. The van der Waals surface area contributed by atoms with Gasteiger partial charge in [0.15, 0.2) is 5.11 Å². The SMILES string of the molecule is CCCC(C)(C)C(C)=NNC(N)=S. The van der Waals surface area contributed by atoms with Crippen LogP contribution in [0.4, 0.5) is 0 Å². The molecule has 0 saturated heterocycles. The molecular weight excluding hydrogens is 182 g/mol. The zero-order valence-corrected chi connectivity index (χ0v) is 9.66. The van der Waals surface area contributed by atoms with Gasteiger partial charge < -0.3 is 5.73 Å². The molecule has 0 aromatic heterocycles. The summed E-state index contributed by atoms with van der Waals surface area (Å²) in [5.74, 6) is 0. The molecule has 0 radical (unpaired) electrons. The van der Waals surface area contributed by atoms with Gasteiger partial charge in [-0.05, 0) is 25.6 Å². The fourth-order valence-electron chi connectivity index (χ4n) is 1.10. The predicted molar refractivity (Wildman–Crippen MR) is 61.7 cm³/mol. The first-order valence-corrected chi connectivity index (χ1v) is 4.91. The van der Waals surface area contributed by atoms with E-state index in [0.29, 0.717) is 0 Å². The summed E-state index contributed by atoms with van der Waals surface area (Å²) in [6.07, 6.45) is 2.26. The third kappa shape index (κ3) is 4.83. The second-order valence-corrected chi connectivity index (χ2v) is 4.25. The van der Waals surface area contributed by atoms with E-state index in [1.54, 1.807) is 0 Å². The van der Waals surface area contributed by atoms with Crippen LogP contribution in [0, 0.1) is 5.41 Å². The molecule has 0 aliphatic rings. The Labute approximate surface area is 85.8 Å². The molecule has 0 saturated carbocycles. The van der Waals surface area contributed by atoms with Crippen molar-refractivity contribution in [1.82, 2.24) is 5.43 Å². The highest BCUT2D eigenvalue weighted by atomic mass is 32.1. The number of hydrogen-bond donors (Lipinski definition) is 2. The van der Waals surface area contributed by atoms with Crippen molar-refractivity contribution in [3.05, 3.63) is 0 Å². The fourth-order valence-corrected chi connectivity index (χ4v) is 1.14. The van der Waals surface area contributed by atoms with E-state index in [2.05, 4.69) is 43.5 Å². The van der Waals surface area contributed by atoms with Crippen molar-refractivity contribution in [2.24, 2.45) is 16.3 Å². The Balaban J connectivity index is 4.29. The van der Waals surface area contributed by atoms with Gasteiger partial charge in [0, 0.05) is 11.1 Å². The number of rotatable bonds is 4. The van der Waals surface area contributed by atoms with Crippen LogP contribution in [0.2, 0.25) is 0 Å². The maximum atomic E-state index is 5.27. The molecule has 3 nitrogen and oxygen atoms in total. The molecule has 0 unspecified atom stereocenters. The Morgan fingerprint density at radius 3 is 2.46 bits per heavy atom. The van der Waals surface area contributed by atoms with Crippen LogP contribution in [0.3, 0.4) is 0 Å². The Bertz CT molecular complexity index is 209. The summed E-state index contributed by atoms with van der Waals surface area (Å²) >= 11 is 4.66. The minimum absolute atomic E-state index is 0.118. The molecule has 13 heavy (non-hydrogen) atoms. The number of hydrogen-bond acceptors (Lipinski definition) is 2. The third-order valence-electron chi connectivity index (χ3n) is 2.19. The van der Waals surface area contributed by atoms with Gasteiger partial charge in [-0.1, -0.05) is 27.2 Å². The van der Waals surface area contributed by atoms with Crippen molar-refractivity contribution in [3.63, 3.8) is 0 Å². The van der Waals surface area contributed by atoms with Crippen LogP contribution in [0.1, 0.15) is 40.5 Å². The average Bonchev–Trinajstić information content (AvgIpc) is 1.99. The molecule has 0 aliphatic carbocycles. The molecule has 0 amide bonds. The van der Waals surface area contributed by atoms with E-state index in [1.807, 2.05) is 6.92 Å². The van der Waals surface area contributed by atoms with Crippen LogP contribution in [0.5, 0.6) is 0 Å². The van der Waals surface area contributed by atoms with Crippen molar-refractivity contribution in [3.8, 4) is 0 Å². The van der Waals surface area contributed by atoms with Crippen molar-refractivity contribution in [2.75, 3.05) is 0 Å². The van der Waals surface area contributed by atoms with Gasteiger partial charge >= 0.3 is 0 Å². The molecular formula is C9H19N3S. The van der Waals surface area contributed by atoms with Gasteiger partial charge in [-0.15, -0.1) is 0 Å². The molecule has 4 heteroatoms. The lowest BCUT2D eigenvalue weighted by Crippen LogP contribution is -2.29. The van der Waals surface area contributed by atoms with Crippen LogP contribution in [-0.4, -0.2) is 10.8 Å². The molecule has 0 atom stereocenters. The summed E-state index contributed by atoms with van der Waals surface area (Å²) in [7, 11) is 0. The standard InChI is InChI=1S/C9H19N3S/c1-5-6-9(3,4)7(2)11-12-8(10)13/h5-6H2,1-4H3,(H3,10,12,13). The average molecular weight is 201 g/mol. The van der Waals surface area contributed by atoms with Crippen LogP contribution in [-0.2, 0) is 0 Å². The lowest BCUT2D eigenvalue weighted by Gasteiger charge is -2.23. The summed E-state index contributed by atoms with van der Waals surface area (Å²) in [6.45, 7) is 8.48. The van der Waals surface area contributed by atoms with E-state index in [9.17, 15) is 0 Å². The molecule has 3 N–H and O–H groups in total. The molecule has 0 spiro atoms. The van der Waals surface area contributed by atoms with Crippen molar-refractivity contribution in [2.45, 2.75) is 40.5 Å². The Kier molecular flexibility index (Phi) is 4.91. The first kappa shape index (κ1) is 12.4. The normalized spacial score (nSPS) is 12.8. The molecule has 0 bridgehead atoms. The van der Waals surface area contributed by atoms with Gasteiger partial charge in [0.2, 0.25) is 0 Å². The maximum Gasteiger partial charge on any atom is 0.184 e. The van der Waals surface area contributed by atoms with E-state index >= 15 is 0 Å². The van der Waals surface area contributed by atoms with E-state index in [-0.39, 0.29) is 10.5 Å². The van der Waals surface area contributed by atoms with Gasteiger partial charge in [0.1, 0.15) is 0 Å². The molecule has 0 aromatic rings. The molecule has 0 rings (SSSR count). The van der Waals surface area contributed by atoms with Gasteiger partial charge in [0.25, 0.3) is 0 Å². The highest BCUT2D eigenvalue weighted by molar-refractivity contribution is 7.80. The number of nitrogens with zero attached hydrogens (tertiary/aromatic N) is 1. The largest absolute Gasteiger partial charge is 0.375 e. The summed E-state index contributed by atoms with van der Waals surface area (Å²) in [5, 5.41) is 4.33. The van der Waals surface area contributed by atoms with Crippen LogP contribution in [0.25, 0.3) is 0 Å². The first-order valence-electron chi connectivity index (χ1n) is 4.50. The van der Waals surface area contributed by atoms with Gasteiger partial charge in [-0.3, -0.25) is 5.43 Å². The number of nitrogens with two attached hydrogens (primary N) is 1. The highest BCUT2D eigenvalue weighted by Crippen LogP contribution is 2.23. The van der Waals surface area contributed by atoms with Gasteiger partial charge in [-0.25, -0.2) is 0 Å². The molecule has 0 aromatic carbocycles. The van der Waals surface area contributed by atoms with Crippen molar-refractivity contribution in [1.29, 1.82) is 0 Å². The van der Waals surface area contributed by atoms with Crippen LogP contribution >= 0.6 is 12.2 Å². The Morgan fingerprint density at radius 1 is 1.54 bits per heavy atom. The lowest BCUT2D eigenvalue weighted by atomic mass is 9.84. The number of nitrogens with one attached hydrogen (secondary N) is 1. The Morgan fingerprint density at radius 2 is 2.08 bits per heavy atom. The van der Waals surface area contributed by atoms with Crippen LogP contribution in [0.15, 0.2) is 5.10 Å². The highest BCUT2D eigenvalue weighted by Gasteiger charge is 2.20. The Hall–Kier alpha value is -0.640. The molecule has 76 valence electrons. The zero-order valence-electron chi connectivity index (χ0n) is 8.85. The third-order valence-corrected chi connectivity index (χ3v) is 2.28. The van der Waals surface area contributed by atoms with E-state index in [4.69, 9.17) is 5.73 Å². The summed E-state index contributed by atoms with van der Waals surface area (Å²) < 4.78 is 0. The summed E-state index contributed by atoms with van der Waals surface area (Å²) in [4.78, 5) is 0. The fraction of sp³-hybridized carbons (Fsp3) is 0.778. The summed E-state index contributed by atoms with van der Waals surface area (Å²) in [5.41, 5.74) is 9.03. The minimum atomic E-state index is 0.118. The van der Waals surface area contributed by atoms with E-state index < -0.39 is 0 Å². The second-order valence-electron chi connectivity index (χ2n) is 3.81. The number of hydrazone groups is 1. The smallest absolute Gasteiger partial charge is 0.184 e. The maximum absolute atomic E-state index is 5.27. The van der Waals surface area contributed by atoms with Crippen molar-refractivity contribution < 1.29 is 0 Å². The van der Waals surface area contributed by atoms with Gasteiger partial charge in [-0.2, -0.15) is 5.10 Å². The van der Waals surface area contributed by atoms with E-state index in [0.717, 1.165) is 18.6 Å². The van der Waals surface area contributed by atoms with Crippen molar-refractivity contribution >= 4 is 23.0 Å². The molecule has 0 fully saturated rings. The lowest BCUT2D eigenvalue weighted by molar-refractivity contribution is 0.464. The predicted octanol–water partition coefficient (Wildman–Crippen LogP) is 2.02. The van der Waals surface area contributed by atoms with E-state index in [1.165, 1.54) is 0 Å². The summed E-state index contributed by atoms with van der Waals surface area (Å²) in [6, 6.07) is 0. The monoisotopic (exact) mass is 201 g/mol. The number of thiocarbonyl (C=S) groups is 1. The molecule has 0 heterocycles. The zero-order chi connectivity index (χ0) is 10.5. The topological polar surface area (TPSA) is 50.4 Å². The first-order chi connectivity index (χ1) is 5.90.